The predicted octanol–water partition coefficient (Wildman–Crippen LogP) is 3.31. The van der Waals surface area contributed by atoms with Gasteiger partial charge in [0.2, 0.25) is 0 Å². The van der Waals surface area contributed by atoms with Crippen molar-refractivity contribution in [2.75, 3.05) is 11.5 Å². The van der Waals surface area contributed by atoms with E-state index in [2.05, 4.69) is 0 Å². The number of hydrogen-bond donors (Lipinski definition) is 2. The van der Waals surface area contributed by atoms with Crippen molar-refractivity contribution in [3.8, 4) is 0 Å². The fraction of sp³-hybridized carbons (Fsp3) is 0. The lowest BCUT2D eigenvalue weighted by Crippen LogP contribution is -1.93. The second-order valence-corrected chi connectivity index (χ2v) is 3.84. The van der Waals surface area contributed by atoms with Gasteiger partial charge in [0.1, 0.15) is 0 Å². The van der Waals surface area contributed by atoms with Crippen molar-refractivity contribution in [1.29, 1.82) is 0 Å². The third-order valence-corrected chi connectivity index (χ3v) is 2.75. The number of fused-ring (bicyclic) bond motifs is 1. The van der Waals surface area contributed by atoms with Gasteiger partial charge in [0.25, 0.3) is 0 Å². The molecule has 4 heteroatoms. The largest absolute Gasteiger partial charge is 0.398 e. The standard InChI is InChI=1S/C10H8Cl2N2/c11-5-1-3-7(13)10-8(14)4-2-6(12)9(5)10/h1-4H,13-14H2. The van der Waals surface area contributed by atoms with Gasteiger partial charge >= 0.3 is 0 Å². The molecule has 0 unspecified atom stereocenters. The van der Waals surface area contributed by atoms with Gasteiger partial charge in [0, 0.05) is 22.1 Å². The lowest BCUT2D eigenvalue weighted by atomic mass is 10.1. The van der Waals surface area contributed by atoms with Crippen LogP contribution >= 0.6 is 23.2 Å². The number of halogens is 2. The van der Waals surface area contributed by atoms with Crippen LogP contribution in [0.15, 0.2) is 24.3 Å². The van der Waals surface area contributed by atoms with Crippen LogP contribution in [0.1, 0.15) is 0 Å². The van der Waals surface area contributed by atoms with Crippen molar-refractivity contribution in [2.24, 2.45) is 0 Å². The molecule has 0 aliphatic rings. The highest BCUT2D eigenvalue weighted by atomic mass is 35.5. The predicted molar refractivity (Wildman–Crippen MR) is 62.8 cm³/mol. The quantitative estimate of drug-likeness (QED) is 0.678. The summed E-state index contributed by atoms with van der Waals surface area (Å²) in [5, 5.41) is 2.57. The summed E-state index contributed by atoms with van der Waals surface area (Å²) in [6.07, 6.45) is 0. The molecular weight excluding hydrogens is 219 g/mol. The Balaban J connectivity index is 3.05. The number of rotatable bonds is 0. The number of benzene rings is 2. The molecule has 0 saturated carbocycles. The van der Waals surface area contributed by atoms with Crippen LogP contribution in [0, 0.1) is 0 Å². The van der Waals surface area contributed by atoms with E-state index in [1.165, 1.54) is 0 Å². The van der Waals surface area contributed by atoms with E-state index in [9.17, 15) is 0 Å². The maximum absolute atomic E-state index is 6.01. The van der Waals surface area contributed by atoms with Crippen molar-refractivity contribution < 1.29 is 0 Å². The smallest absolute Gasteiger partial charge is 0.0501 e. The van der Waals surface area contributed by atoms with Crippen molar-refractivity contribution in [3.63, 3.8) is 0 Å². The summed E-state index contributed by atoms with van der Waals surface area (Å²) in [5.41, 5.74) is 12.8. The number of nitrogen functional groups attached to an aromatic ring is 2. The molecule has 14 heavy (non-hydrogen) atoms. The maximum Gasteiger partial charge on any atom is 0.0501 e. The van der Waals surface area contributed by atoms with Gasteiger partial charge in [-0.1, -0.05) is 23.2 Å². The lowest BCUT2D eigenvalue weighted by Gasteiger charge is -2.08. The van der Waals surface area contributed by atoms with Gasteiger partial charge in [-0.2, -0.15) is 0 Å². The Bertz CT molecular complexity index is 420. The van der Waals surface area contributed by atoms with Crippen LogP contribution in [0.3, 0.4) is 0 Å². The Labute approximate surface area is 91.4 Å². The molecule has 2 aromatic rings. The highest BCUT2D eigenvalue weighted by Crippen LogP contribution is 2.37. The summed E-state index contributed by atoms with van der Waals surface area (Å²) in [4.78, 5) is 0. The molecule has 0 aliphatic heterocycles. The molecule has 0 atom stereocenters. The molecule has 0 radical (unpaired) electrons. The van der Waals surface area contributed by atoms with Crippen LogP contribution in [0.4, 0.5) is 11.4 Å². The second kappa shape index (κ2) is 3.23. The Kier molecular flexibility index (Phi) is 2.17. The van der Waals surface area contributed by atoms with Gasteiger partial charge in [-0.25, -0.2) is 0 Å². The van der Waals surface area contributed by atoms with Crippen LogP contribution in [0.5, 0.6) is 0 Å². The first kappa shape index (κ1) is 9.44. The monoisotopic (exact) mass is 226 g/mol. The molecule has 2 rings (SSSR count). The van der Waals surface area contributed by atoms with Crippen LogP contribution in [0.2, 0.25) is 10.0 Å². The Hall–Kier alpha value is -1.12. The van der Waals surface area contributed by atoms with E-state index in [1.54, 1.807) is 24.3 Å². The van der Waals surface area contributed by atoms with Crippen molar-refractivity contribution >= 4 is 45.3 Å². The van der Waals surface area contributed by atoms with Gasteiger partial charge in [0.05, 0.1) is 10.0 Å². The van der Waals surface area contributed by atoms with Gasteiger partial charge in [-0.3, -0.25) is 0 Å². The van der Waals surface area contributed by atoms with Gasteiger partial charge < -0.3 is 11.5 Å². The van der Waals surface area contributed by atoms with Crippen LogP contribution in [0.25, 0.3) is 10.8 Å². The summed E-state index contributed by atoms with van der Waals surface area (Å²) >= 11 is 12.0. The first-order valence-electron chi connectivity index (χ1n) is 4.03. The fourth-order valence-corrected chi connectivity index (χ4v) is 2.03. The Morgan fingerprint density at radius 3 is 1.50 bits per heavy atom. The third kappa shape index (κ3) is 1.27. The van der Waals surface area contributed by atoms with E-state index in [4.69, 9.17) is 34.7 Å². The topological polar surface area (TPSA) is 52.0 Å². The first-order chi connectivity index (χ1) is 6.61. The first-order valence-corrected chi connectivity index (χ1v) is 4.78. The normalized spacial score (nSPS) is 10.7. The van der Waals surface area contributed by atoms with Crippen LogP contribution in [-0.4, -0.2) is 0 Å². The molecule has 0 spiro atoms. The summed E-state index contributed by atoms with van der Waals surface area (Å²) in [7, 11) is 0. The van der Waals surface area contributed by atoms with Crippen molar-refractivity contribution in [2.45, 2.75) is 0 Å². The molecule has 0 bridgehead atoms. The summed E-state index contributed by atoms with van der Waals surface area (Å²) in [6, 6.07) is 6.86. The van der Waals surface area contributed by atoms with Gasteiger partial charge in [-0.05, 0) is 24.3 Å². The maximum atomic E-state index is 6.01. The molecule has 4 N–H and O–H groups in total. The van der Waals surface area contributed by atoms with E-state index in [0.717, 1.165) is 5.39 Å². The number of hydrogen-bond acceptors (Lipinski definition) is 2. The van der Waals surface area contributed by atoms with Gasteiger partial charge in [0.15, 0.2) is 0 Å². The molecule has 2 aromatic carbocycles. The zero-order valence-electron chi connectivity index (χ0n) is 7.22. The minimum atomic E-state index is 0.562. The molecule has 2 nitrogen and oxygen atoms in total. The third-order valence-electron chi connectivity index (χ3n) is 2.12. The molecule has 0 fully saturated rings. The Morgan fingerprint density at radius 2 is 1.14 bits per heavy atom. The molecular formula is C10H8Cl2N2. The zero-order chi connectivity index (χ0) is 10.3. The van der Waals surface area contributed by atoms with Crippen molar-refractivity contribution in [1.82, 2.24) is 0 Å². The number of anilines is 2. The molecule has 0 aromatic heterocycles. The highest BCUT2D eigenvalue weighted by Gasteiger charge is 2.08. The molecule has 0 saturated heterocycles. The molecule has 0 amide bonds. The average Bonchev–Trinajstić information content (AvgIpc) is 2.16. The van der Waals surface area contributed by atoms with E-state index in [1.807, 2.05) is 0 Å². The molecule has 0 aliphatic carbocycles. The minimum absolute atomic E-state index is 0.562. The van der Waals surface area contributed by atoms with E-state index in [-0.39, 0.29) is 0 Å². The average molecular weight is 227 g/mol. The number of nitrogens with two attached hydrogens (primary N) is 2. The summed E-state index contributed by atoms with van der Waals surface area (Å²) < 4.78 is 0. The SMILES string of the molecule is Nc1ccc(Cl)c2c(Cl)ccc(N)c12. The van der Waals surface area contributed by atoms with Crippen molar-refractivity contribution in [3.05, 3.63) is 34.3 Å². The molecule has 72 valence electrons. The second-order valence-electron chi connectivity index (χ2n) is 3.02. The summed E-state index contributed by atoms with van der Waals surface area (Å²) in [5.74, 6) is 0. The highest BCUT2D eigenvalue weighted by molar-refractivity contribution is 6.43. The Morgan fingerprint density at radius 1 is 0.714 bits per heavy atom. The lowest BCUT2D eigenvalue weighted by molar-refractivity contribution is 1.71. The van der Waals surface area contributed by atoms with E-state index in [0.29, 0.717) is 26.8 Å². The minimum Gasteiger partial charge on any atom is -0.398 e. The van der Waals surface area contributed by atoms with E-state index >= 15 is 0 Å². The van der Waals surface area contributed by atoms with E-state index < -0.39 is 0 Å². The van der Waals surface area contributed by atoms with Gasteiger partial charge in [-0.15, -0.1) is 0 Å². The van der Waals surface area contributed by atoms with Crippen LogP contribution < -0.4 is 11.5 Å². The summed E-state index contributed by atoms with van der Waals surface area (Å²) in [6.45, 7) is 0. The fourth-order valence-electron chi connectivity index (χ4n) is 1.47. The molecule has 0 heterocycles. The zero-order valence-corrected chi connectivity index (χ0v) is 8.73. The van der Waals surface area contributed by atoms with Crippen LogP contribution in [-0.2, 0) is 0 Å².